The number of para-hydroxylation sites is 1. The van der Waals surface area contributed by atoms with Gasteiger partial charge in [0.25, 0.3) is 0 Å². The van der Waals surface area contributed by atoms with Crippen LogP contribution in [0.1, 0.15) is 44.1 Å². The monoisotopic (exact) mass is 354 g/mol. The topological polar surface area (TPSA) is 61.8 Å². The van der Waals surface area contributed by atoms with E-state index in [1.165, 1.54) is 12.7 Å². The Kier molecular flexibility index (Phi) is 2.65. The van der Waals surface area contributed by atoms with Crippen LogP contribution in [0.2, 0.25) is 0 Å². The molecule has 3 aliphatic heterocycles. The maximum Gasteiger partial charge on any atom is 0.311 e. The zero-order valence-corrected chi connectivity index (χ0v) is 15.3. The van der Waals surface area contributed by atoms with E-state index in [9.17, 15) is 9.90 Å². The summed E-state index contributed by atoms with van der Waals surface area (Å²) in [6, 6.07) is 8.41. The molecule has 0 radical (unpaired) electrons. The summed E-state index contributed by atoms with van der Waals surface area (Å²) in [6.45, 7) is 1.87. The molecule has 5 fully saturated rings. The normalized spacial score (nSPS) is 47.7. The predicted octanol–water partition coefficient (Wildman–Crippen LogP) is 2.25. The van der Waals surface area contributed by atoms with Crippen molar-refractivity contribution in [1.82, 2.24) is 4.90 Å². The Morgan fingerprint density at radius 1 is 1.23 bits per heavy atom. The van der Waals surface area contributed by atoms with Gasteiger partial charge >= 0.3 is 5.97 Å². The number of hydrogen-bond acceptors (Lipinski definition) is 5. The number of methoxy groups -OCH3 is 1. The highest BCUT2D eigenvalue weighted by atomic mass is 16.5. The molecule has 2 N–H and O–H groups in total. The number of carbonyl (C=O) groups is 1. The molecule has 1 aromatic rings. The molecular formula is C21H26N2O3. The zero-order valence-electron chi connectivity index (χ0n) is 15.3. The quantitative estimate of drug-likeness (QED) is 0.758. The molecule has 2 saturated heterocycles. The Bertz CT molecular complexity index is 827. The number of anilines is 1. The lowest BCUT2D eigenvalue weighted by Crippen LogP contribution is -2.83. The standard InChI is InChI=1S/C21H26N2O3/c1-26-17(24)15-13-18-7-4-11-23-12-10-19(21(18,23)25)14-5-2-3-6-16(14)22-20(15,19)9-8-18/h2-3,5-6,15,22,25H,4,7-13H2,1H3. The first-order chi connectivity index (χ1) is 12.5. The fraction of sp³-hybridized carbons (Fsp3) is 0.667. The Hall–Kier alpha value is -1.59. The van der Waals surface area contributed by atoms with Gasteiger partial charge in [-0.1, -0.05) is 18.2 Å². The van der Waals surface area contributed by atoms with Gasteiger partial charge in [-0.25, -0.2) is 0 Å². The highest BCUT2D eigenvalue weighted by molar-refractivity contribution is 5.81. The van der Waals surface area contributed by atoms with E-state index in [4.69, 9.17) is 4.74 Å². The lowest BCUT2D eigenvalue weighted by molar-refractivity contribution is -0.297. The van der Waals surface area contributed by atoms with E-state index in [1.807, 2.05) is 6.07 Å². The number of fused-ring (bicyclic) bond motifs is 3. The number of nitrogens with one attached hydrogen (secondary N) is 1. The molecule has 7 rings (SSSR count). The SMILES string of the molecule is COC(=O)C1CC23CCCN4CCC5(c6ccccc6NC15CC2)C43O. The van der Waals surface area contributed by atoms with E-state index in [0.29, 0.717) is 0 Å². The first-order valence-electron chi connectivity index (χ1n) is 9.98. The molecule has 5 unspecified atom stereocenters. The Morgan fingerprint density at radius 2 is 2.08 bits per heavy atom. The number of ether oxygens (including phenoxy) is 1. The van der Waals surface area contributed by atoms with Gasteiger partial charge in [0.2, 0.25) is 0 Å². The third-order valence-corrected chi connectivity index (χ3v) is 8.81. The molecular weight excluding hydrogens is 328 g/mol. The predicted molar refractivity (Wildman–Crippen MR) is 96.6 cm³/mol. The smallest absolute Gasteiger partial charge is 0.311 e. The van der Waals surface area contributed by atoms with E-state index < -0.39 is 16.7 Å². The molecule has 3 spiro atoms. The molecule has 3 aliphatic carbocycles. The van der Waals surface area contributed by atoms with Gasteiger partial charge in [0.05, 0.1) is 24.0 Å². The number of piperidine rings is 1. The van der Waals surface area contributed by atoms with Crippen LogP contribution in [0.25, 0.3) is 0 Å². The van der Waals surface area contributed by atoms with Crippen molar-refractivity contribution in [3.8, 4) is 0 Å². The summed E-state index contributed by atoms with van der Waals surface area (Å²) in [5, 5.41) is 16.3. The van der Waals surface area contributed by atoms with Gasteiger partial charge < -0.3 is 15.2 Å². The van der Waals surface area contributed by atoms with Crippen molar-refractivity contribution in [2.75, 3.05) is 25.5 Å². The molecule has 3 heterocycles. The van der Waals surface area contributed by atoms with Gasteiger partial charge in [0.1, 0.15) is 5.72 Å². The van der Waals surface area contributed by atoms with Gasteiger partial charge in [-0.3, -0.25) is 9.69 Å². The summed E-state index contributed by atoms with van der Waals surface area (Å²) in [5.41, 5.74) is 0.380. The number of aliphatic hydroxyl groups is 1. The van der Waals surface area contributed by atoms with Crippen molar-refractivity contribution in [2.24, 2.45) is 11.3 Å². The molecule has 2 bridgehead atoms. The second-order valence-electron chi connectivity index (χ2n) is 9.12. The van der Waals surface area contributed by atoms with Gasteiger partial charge in [-0.15, -0.1) is 0 Å². The van der Waals surface area contributed by atoms with E-state index in [2.05, 4.69) is 28.4 Å². The van der Waals surface area contributed by atoms with Crippen LogP contribution in [0.5, 0.6) is 0 Å². The van der Waals surface area contributed by atoms with Crippen molar-refractivity contribution in [2.45, 2.75) is 55.2 Å². The van der Waals surface area contributed by atoms with Crippen LogP contribution < -0.4 is 5.32 Å². The molecule has 26 heavy (non-hydrogen) atoms. The van der Waals surface area contributed by atoms with Crippen molar-refractivity contribution in [3.05, 3.63) is 29.8 Å². The fourth-order valence-corrected chi connectivity index (χ4v) is 8.07. The minimum absolute atomic E-state index is 0.116. The molecule has 5 heteroatoms. The van der Waals surface area contributed by atoms with Crippen molar-refractivity contribution in [3.63, 3.8) is 0 Å². The first kappa shape index (κ1) is 15.5. The number of esters is 1. The van der Waals surface area contributed by atoms with Gasteiger partial charge in [0, 0.05) is 24.2 Å². The maximum absolute atomic E-state index is 12.9. The highest BCUT2D eigenvalue weighted by Gasteiger charge is 2.85. The van der Waals surface area contributed by atoms with Crippen LogP contribution in [-0.4, -0.2) is 47.4 Å². The van der Waals surface area contributed by atoms with Crippen LogP contribution in [0, 0.1) is 11.3 Å². The molecule has 6 aliphatic rings. The lowest BCUT2D eigenvalue weighted by atomic mass is 9.37. The van der Waals surface area contributed by atoms with Crippen molar-refractivity contribution in [1.29, 1.82) is 0 Å². The molecule has 0 aromatic heterocycles. The molecule has 3 saturated carbocycles. The number of rotatable bonds is 1. The van der Waals surface area contributed by atoms with Gasteiger partial charge in [0.15, 0.2) is 0 Å². The van der Waals surface area contributed by atoms with Crippen LogP contribution in [0.4, 0.5) is 5.69 Å². The second kappa shape index (κ2) is 4.45. The van der Waals surface area contributed by atoms with Crippen LogP contribution in [0.15, 0.2) is 24.3 Å². The first-order valence-corrected chi connectivity index (χ1v) is 9.98. The molecule has 0 amide bonds. The maximum atomic E-state index is 12.9. The largest absolute Gasteiger partial charge is 0.469 e. The summed E-state index contributed by atoms with van der Waals surface area (Å²) in [6.07, 6.45) is 5.66. The number of carbonyl (C=O) groups excluding carboxylic acids is 1. The van der Waals surface area contributed by atoms with Crippen molar-refractivity contribution >= 4 is 11.7 Å². The van der Waals surface area contributed by atoms with Crippen molar-refractivity contribution < 1.29 is 14.6 Å². The van der Waals surface area contributed by atoms with E-state index in [0.717, 1.165) is 57.3 Å². The molecule has 138 valence electrons. The van der Waals surface area contributed by atoms with E-state index in [-0.39, 0.29) is 17.3 Å². The summed E-state index contributed by atoms with van der Waals surface area (Å²) < 4.78 is 5.28. The summed E-state index contributed by atoms with van der Waals surface area (Å²) in [4.78, 5) is 15.3. The third kappa shape index (κ3) is 1.26. The third-order valence-electron chi connectivity index (χ3n) is 8.81. The minimum atomic E-state index is -0.860. The molecule has 5 atom stereocenters. The summed E-state index contributed by atoms with van der Waals surface area (Å²) in [7, 11) is 1.50. The number of nitrogens with zero attached hydrogens (tertiary/aromatic N) is 1. The van der Waals surface area contributed by atoms with Gasteiger partial charge in [-0.05, 0) is 50.2 Å². The average Bonchev–Trinajstić information content (AvgIpc) is 3.14. The number of hydrogen-bond donors (Lipinski definition) is 2. The fourth-order valence-electron chi connectivity index (χ4n) is 8.07. The zero-order chi connectivity index (χ0) is 17.8. The summed E-state index contributed by atoms with van der Waals surface area (Å²) in [5.74, 6) is -0.318. The van der Waals surface area contributed by atoms with Crippen LogP contribution >= 0.6 is 0 Å². The van der Waals surface area contributed by atoms with Crippen LogP contribution in [-0.2, 0) is 14.9 Å². The van der Waals surface area contributed by atoms with Gasteiger partial charge in [-0.2, -0.15) is 0 Å². The highest BCUT2D eigenvalue weighted by Crippen LogP contribution is 2.77. The second-order valence-corrected chi connectivity index (χ2v) is 9.12. The van der Waals surface area contributed by atoms with Crippen LogP contribution in [0.3, 0.4) is 0 Å². The molecule has 5 nitrogen and oxygen atoms in total. The molecule has 1 aromatic carbocycles. The Labute approximate surface area is 153 Å². The number of benzene rings is 1. The lowest BCUT2D eigenvalue weighted by Gasteiger charge is -2.72. The Balaban J connectivity index is 1.69. The van der Waals surface area contributed by atoms with E-state index in [1.54, 1.807) is 0 Å². The summed E-state index contributed by atoms with van der Waals surface area (Å²) >= 11 is 0. The minimum Gasteiger partial charge on any atom is -0.469 e. The van der Waals surface area contributed by atoms with E-state index >= 15 is 0 Å². The average molecular weight is 354 g/mol. The Morgan fingerprint density at radius 3 is 2.92 bits per heavy atom.